The van der Waals surface area contributed by atoms with Crippen LogP contribution >= 0.6 is 0 Å². The lowest BCUT2D eigenvalue weighted by molar-refractivity contribution is -0.188. The summed E-state index contributed by atoms with van der Waals surface area (Å²) in [5, 5.41) is 1.14. The zero-order valence-corrected chi connectivity index (χ0v) is 14.8. The van der Waals surface area contributed by atoms with Gasteiger partial charge in [0.25, 0.3) is 0 Å². The maximum Gasteiger partial charge on any atom is 0.227 e. The van der Waals surface area contributed by atoms with Gasteiger partial charge in [-0.2, -0.15) is 0 Å². The van der Waals surface area contributed by atoms with Gasteiger partial charge in [0.1, 0.15) is 0 Å². The standard InChI is InChI=1S/C20H26N2O3/c1-24-18-7-4-12-25-20(18)8-10-22(11-9-20)19(23)13-15-14-21-17-6-3-2-5-16(15)17/h2-3,5-6,14,18,21H,4,7-13H2,1H3/t18-/m1/s1. The molecule has 5 heteroatoms. The van der Waals surface area contributed by atoms with Gasteiger partial charge in [-0.3, -0.25) is 4.79 Å². The van der Waals surface area contributed by atoms with Crippen molar-refractivity contribution >= 4 is 16.8 Å². The largest absolute Gasteiger partial charge is 0.378 e. The van der Waals surface area contributed by atoms with Gasteiger partial charge in [0.15, 0.2) is 0 Å². The Kier molecular flexibility index (Phi) is 4.52. The van der Waals surface area contributed by atoms with Crippen molar-refractivity contribution in [3.63, 3.8) is 0 Å². The van der Waals surface area contributed by atoms with Gasteiger partial charge in [0, 0.05) is 43.9 Å². The molecule has 1 amide bonds. The third-order valence-corrected chi connectivity index (χ3v) is 5.85. The van der Waals surface area contributed by atoms with Gasteiger partial charge >= 0.3 is 0 Å². The number of ether oxygens (including phenoxy) is 2. The van der Waals surface area contributed by atoms with E-state index in [1.165, 1.54) is 0 Å². The number of likely N-dealkylation sites (tertiary alicyclic amines) is 1. The molecule has 1 aromatic heterocycles. The third-order valence-electron chi connectivity index (χ3n) is 5.85. The van der Waals surface area contributed by atoms with Crippen LogP contribution in [0.15, 0.2) is 30.5 Å². The molecule has 0 saturated carbocycles. The van der Waals surface area contributed by atoms with E-state index in [-0.39, 0.29) is 17.6 Å². The molecule has 5 nitrogen and oxygen atoms in total. The lowest BCUT2D eigenvalue weighted by atomic mass is 9.81. The molecule has 2 fully saturated rings. The Balaban J connectivity index is 1.41. The maximum absolute atomic E-state index is 12.8. The Hall–Kier alpha value is -1.85. The minimum Gasteiger partial charge on any atom is -0.378 e. The van der Waals surface area contributed by atoms with Gasteiger partial charge in [0.2, 0.25) is 5.91 Å². The number of benzene rings is 1. The smallest absolute Gasteiger partial charge is 0.227 e. The van der Waals surface area contributed by atoms with Crippen LogP contribution in [-0.2, 0) is 20.7 Å². The summed E-state index contributed by atoms with van der Waals surface area (Å²) < 4.78 is 11.8. The zero-order valence-electron chi connectivity index (χ0n) is 14.8. The SMILES string of the molecule is CO[C@@H]1CCCOC12CCN(C(=O)Cc1c[nH]c3ccccc13)CC2. The van der Waals surface area contributed by atoms with Gasteiger partial charge in [0.05, 0.1) is 18.1 Å². The Bertz CT molecular complexity index is 746. The summed E-state index contributed by atoms with van der Waals surface area (Å²) in [6.45, 7) is 2.31. The number of para-hydroxylation sites is 1. The Morgan fingerprint density at radius 3 is 2.96 bits per heavy atom. The molecule has 1 aromatic carbocycles. The normalized spacial score (nSPS) is 23.2. The molecular formula is C20H26N2O3. The van der Waals surface area contributed by atoms with Crippen LogP contribution in [0.4, 0.5) is 0 Å². The highest BCUT2D eigenvalue weighted by Crippen LogP contribution is 2.37. The highest BCUT2D eigenvalue weighted by molar-refractivity contribution is 5.88. The van der Waals surface area contributed by atoms with Crippen LogP contribution in [0, 0.1) is 0 Å². The van der Waals surface area contributed by atoms with E-state index in [0.717, 1.165) is 61.8 Å². The molecule has 2 aliphatic heterocycles. The molecule has 0 aliphatic carbocycles. The predicted octanol–water partition coefficient (Wildman–Crippen LogP) is 2.90. The van der Waals surface area contributed by atoms with Crippen molar-refractivity contribution in [2.24, 2.45) is 0 Å². The Labute approximate surface area is 148 Å². The molecule has 0 bridgehead atoms. The molecule has 1 atom stereocenters. The summed E-state index contributed by atoms with van der Waals surface area (Å²) in [4.78, 5) is 18.0. The lowest BCUT2D eigenvalue weighted by Crippen LogP contribution is -2.56. The fourth-order valence-corrected chi connectivity index (χ4v) is 4.39. The Morgan fingerprint density at radius 2 is 2.16 bits per heavy atom. The van der Waals surface area contributed by atoms with Crippen molar-refractivity contribution in [2.45, 2.75) is 43.8 Å². The van der Waals surface area contributed by atoms with Crippen molar-refractivity contribution in [3.8, 4) is 0 Å². The fourth-order valence-electron chi connectivity index (χ4n) is 4.39. The second-order valence-corrected chi connectivity index (χ2v) is 7.20. The Morgan fingerprint density at radius 1 is 1.36 bits per heavy atom. The number of aromatic nitrogens is 1. The van der Waals surface area contributed by atoms with E-state index in [1.54, 1.807) is 7.11 Å². The zero-order chi connectivity index (χ0) is 17.3. The van der Waals surface area contributed by atoms with E-state index in [0.29, 0.717) is 6.42 Å². The summed E-state index contributed by atoms with van der Waals surface area (Å²) in [6.07, 6.45) is 6.41. The van der Waals surface area contributed by atoms with Crippen LogP contribution in [0.3, 0.4) is 0 Å². The first-order valence-corrected chi connectivity index (χ1v) is 9.21. The highest BCUT2D eigenvalue weighted by atomic mass is 16.5. The first-order chi connectivity index (χ1) is 12.2. The number of hydrogen-bond acceptors (Lipinski definition) is 3. The van der Waals surface area contributed by atoms with Gasteiger partial charge in [-0.15, -0.1) is 0 Å². The van der Waals surface area contributed by atoms with Crippen molar-refractivity contribution in [3.05, 3.63) is 36.0 Å². The molecule has 134 valence electrons. The molecular weight excluding hydrogens is 316 g/mol. The number of methoxy groups -OCH3 is 1. The number of hydrogen-bond donors (Lipinski definition) is 1. The van der Waals surface area contributed by atoms with E-state index in [2.05, 4.69) is 11.1 Å². The molecule has 2 aliphatic rings. The maximum atomic E-state index is 12.8. The molecule has 1 spiro atoms. The van der Waals surface area contributed by atoms with Crippen LogP contribution in [0.2, 0.25) is 0 Å². The summed E-state index contributed by atoms with van der Waals surface area (Å²) in [6, 6.07) is 8.13. The van der Waals surface area contributed by atoms with Crippen molar-refractivity contribution in [1.29, 1.82) is 0 Å². The van der Waals surface area contributed by atoms with Crippen molar-refractivity contribution in [1.82, 2.24) is 9.88 Å². The minimum absolute atomic E-state index is 0.159. The summed E-state index contributed by atoms with van der Waals surface area (Å²) in [7, 11) is 1.77. The fraction of sp³-hybridized carbons (Fsp3) is 0.550. The van der Waals surface area contributed by atoms with Crippen LogP contribution < -0.4 is 0 Å². The van der Waals surface area contributed by atoms with Gasteiger partial charge in [-0.1, -0.05) is 18.2 Å². The monoisotopic (exact) mass is 342 g/mol. The molecule has 0 radical (unpaired) electrons. The number of nitrogens with one attached hydrogen (secondary N) is 1. The second-order valence-electron chi connectivity index (χ2n) is 7.20. The number of H-pyrrole nitrogens is 1. The van der Waals surface area contributed by atoms with Crippen molar-refractivity contribution < 1.29 is 14.3 Å². The van der Waals surface area contributed by atoms with Crippen molar-refractivity contribution in [2.75, 3.05) is 26.8 Å². The molecule has 4 rings (SSSR count). The van der Waals surface area contributed by atoms with E-state index in [4.69, 9.17) is 9.47 Å². The molecule has 3 heterocycles. The quantitative estimate of drug-likeness (QED) is 0.933. The first kappa shape index (κ1) is 16.6. The summed E-state index contributed by atoms with van der Waals surface area (Å²) in [5.74, 6) is 0.198. The number of carbonyl (C=O) groups excluding carboxylic acids is 1. The second kappa shape index (κ2) is 6.81. The predicted molar refractivity (Wildman–Crippen MR) is 96.5 cm³/mol. The van der Waals surface area contributed by atoms with Crippen LogP contribution in [-0.4, -0.2) is 54.3 Å². The van der Waals surface area contributed by atoms with Gasteiger partial charge in [-0.25, -0.2) is 0 Å². The number of carbonyl (C=O) groups is 1. The number of fused-ring (bicyclic) bond motifs is 1. The molecule has 1 N–H and O–H groups in total. The lowest BCUT2D eigenvalue weighted by Gasteiger charge is -2.48. The highest BCUT2D eigenvalue weighted by Gasteiger charge is 2.45. The summed E-state index contributed by atoms with van der Waals surface area (Å²) in [5.41, 5.74) is 1.97. The number of nitrogens with zero attached hydrogens (tertiary/aromatic N) is 1. The van der Waals surface area contributed by atoms with Crippen LogP contribution in [0.25, 0.3) is 10.9 Å². The van der Waals surface area contributed by atoms with E-state index in [1.807, 2.05) is 29.3 Å². The topological polar surface area (TPSA) is 54.6 Å². The van der Waals surface area contributed by atoms with E-state index < -0.39 is 0 Å². The van der Waals surface area contributed by atoms with Gasteiger partial charge < -0.3 is 19.4 Å². The van der Waals surface area contributed by atoms with E-state index >= 15 is 0 Å². The number of amides is 1. The molecule has 25 heavy (non-hydrogen) atoms. The van der Waals surface area contributed by atoms with Gasteiger partial charge in [-0.05, 0) is 37.3 Å². The number of rotatable bonds is 3. The van der Waals surface area contributed by atoms with E-state index in [9.17, 15) is 4.79 Å². The summed E-state index contributed by atoms with van der Waals surface area (Å²) >= 11 is 0. The molecule has 0 unspecified atom stereocenters. The third kappa shape index (κ3) is 3.07. The first-order valence-electron chi connectivity index (χ1n) is 9.21. The minimum atomic E-state index is -0.190. The molecule has 2 aromatic rings. The van der Waals surface area contributed by atoms with Crippen LogP contribution in [0.1, 0.15) is 31.2 Å². The van der Waals surface area contributed by atoms with Crippen LogP contribution in [0.5, 0.6) is 0 Å². The average molecular weight is 342 g/mol. The number of aromatic amines is 1. The number of piperidine rings is 1. The average Bonchev–Trinajstić information content (AvgIpc) is 3.06. The molecule has 2 saturated heterocycles.